The first-order valence-corrected chi connectivity index (χ1v) is 7.20. The first-order valence-electron chi connectivity index (χ1n) is 7.20. The number of amides is 2. The molecule has 23 heavy (non-hydrogen) atoms. The van der Waals surface area contributed by atoms with E-state index < -0.39 is 0 Å². The summed E-state index contributed by atoms with van der Waals surface area (Å²) in [6, 6.07) is 12.7. The van der Waals surface area contributed by atoms with E-state index in [-0.39, 0.29) is 18.4 Å². The molecule has 118 valence electrons. The normalized spacial score (nSPS) is 9.48. The van der Waals surface area contributed by atoms with E-state index in [1.165, 1.54) is 12.1 Å². The Balaban J connectivity index is 1.85. The van der Waals surface area contributed by atoms with Crippen molar-refractivity contribution in [2.45, 2.75) is 6.92 Å². The number of ether oxygens (including phenoxy) is 1. The summed E-state index contributed by atoms with van der Waals surface area (Å²) in [4.78, 5) is 11.8. The van der Waals surface area contributed by atoms with Gasteiger partial charge in [-0.05, 0) is 43.3 Å². The average molecular weight is 312 g/mol. The van der Waals surface area contributed by atoms with Crippen LogP contribution in [0.1, 0.15) is 12.5 Å². The van der Waals surface area contributed by atoms with E-state index in [0.29, 0.717) is 23.6 Å². The van der Waals surface area contributed by atoms with Crippen LogP contribution < -0.4 is 15.4 Å². The van der Waals surface area contributed by atoms with Crippen LogP contribution in [0.4, 0.5) is 14.9 Å². The number of halogens is 1. The fraction of sp³-hybridized carbons (Fsp3) is 0.167. The number of urea groups is 1. The summed E-state index contributed by atoms with van der Waals surface area (Å²) < 4.78 is 18.2. The van der Waals surface area contributed by atoms with Gasteiger partial charge in [0.15, 0.2) is 0 Å². The molecule has 0 aliphatic carbocycles. The van der Waals surface area contributed by atoms with Gasteiger partial charge in [-0.3, -0.25) is 0 Å². The van der Waals surface area contributed by atoms with Crippen LogP contribution in [0.15, 0.2) is 48.5 Å². The lowest BCUT2D eigenvalue weighted by molar-refractivity contribution is 0.253. The smallest absolute Gasteiger partial charge is 0.320 e. The fourth-order valence-electron chi connectivity index (χ4n) is 1.82. The molecule has 0 aliphatic rings. The van der Waals surface area contributed by atoms with Gasteiger partial charge in [0.25, 0.3) is 0 Å². The zero-order valence-electron chi connectivity index (χ0n) is 12.7. The van der Waals surface area contributed by atoms with Crippen molar-refractivity contribution in [1.82, 2.24) is 5.32 Å². The van der Waals surface area contributed by atoms with Gasteiger partial charge >= 0.3 is 6.03 Å². The SMILES string of the molecule is CCOc1ccccc1NC(=O)NCC#Cc1ccc(F)cc1. The number of hydrogen-bond donors (Lipinski definition) is 2. The summed E-state index contributed by atoms with van der Waals surface area (Å²) in [7, 11) is 0. The summed E-state index contributed by atoms with van der Waals surface area (Å²) in [6.07, 6.45) is 0. The number of nitrogens with one attached hydrogen (secondary N) is 2. The topological polar surface area (TPSA) is 50.4 Å². The molecule has 0 heterocycles. The molecule has 0 radical (unpaired) electrons. The van der Waals surface area contributed by atoms with Crippen LogP contribution in [0.25, 0.3) is 0 Å². The van der Waals surface area contributed by atoms with Crippen molar-refractivity contribution < 1.29 is 13.9 Å². The first-order chi connectivity index (χ1) is 11.2. The van der Waals surface area contributed by atoms with E-state index >= 15 is 0 Å². The maximum absolute atomic E-state index is 12.8. The molecule has 0 unspecified atom stereocenters. The van der Waals surface area contributed by atoms with Crippen molar-refractivity contribution in [2.24, 2.45) is 0 Å². The lowest BCUT2D eigenvalue weighted by Gasteiger charge is -2.11. The molecule has 0 fully saturated rings. The number of carbonyl (C=O) groups is 1. The van der Waals surface area contributed by atoms with Crippen LogP contribution in [0, 0.1) is 17.7 Å². The van der Waals surface area contributed by atoms with Gasteiger partial charge in [-0.2, -0.15) is 0 Å². The van der Waals surface area contributed by atoms with Crippen molar-refractivity contribution in [3.05, 3.63) is 59.9 Å². The number of hydrogen-bond acceptors (Lipinski definition) is 2. The second kappa shape index (κ2) is 8.44. The number of carbonyl (C=O) groups excluding carboxylic acids is 1. The van der Waals surface area contributed by atoms with Gasteiger partial charge in [0.2, 0.25) is 0 Å². The second-order valence-corrected chi connectivity index (χ2v) is 4.55. The Bertz CT molecular complexity index is 718. The van der Waals surface area contributed by atoms with Crippen molar-refractivity contribution in [1.29, 1.82) is 0 Å². The fourth-order valence-corrected chi connectivity index (χ4v) is 1.82. The molecular weight excluding hydrogens is 295 g/mol. The summed E-state index contributed by atoms with van der Waals surface area (Å²) in [5, 5.41) is 5.34. The zero-order chi connectivity index (χ0) is 16.5. The predicted molar refractivity (Wildman–Crippen MR) is 87.9 cm³/mol. The van der Waals surface area contributed by atoms with Crippen molar-refractivity contribution in [3.63, 3.8) is 0 Å². The third-order valence-corrected chi connectivity index (χ3v) is 2.85. The average Bonchev–Trinajstić information content (AvgIpc) is 2.55. The Morgan fingerprint density at radius 3 is 2.65 bits per heavy atom. The van der Waals surface area contributed by atoms with Gasteiger partial charge in [-0.1, -0.05) is 24.0 Å². The molecular formula is C18H17FN2O2. The van der Waals surface area contributed by atoms with E-state index in [2.05, 4.69) is 22.5 Å². The lowest BCUT2D eigenvalue weighted by atomic mass is 10.2. The summed E-state index contributed by atoms with van der Waals surface area (Å²) in [5.41, 5.74) is 1.29. The quantitative estimate of drug-likeness (QED) is 0.850. The van der Waals surface area contributed by atoms with Crippen molar-refractivity contribution >= 4 is 11.7 Å². The van der Waals surface area contributed by atoms with Gasteiger partial charge in [0, 0.05) is 5.56 Å². The van der Waals surface area contributed by atoms with E-state index in [1.54, 1.807) is 24.3 Å². The molecule has 2 aromatic rings. The largest absolute Gasteiger partial charge is 0.492 e. The van der Waals surface area contributed by atoms with Gasteiger partial charge < -0.3 is 15.4 Å². The molecule has 2 aromatic carbocycles. The van der Waals surface area contributed by atoms with E-state index in [9.17, 15) is 9.18 Å². The van der Waals surface area contributed by atoms with Crippen LogP contribution in [0.2, 0.25) is 0 Å². The molecule has 0 spiro atoms. The monoisotopic (exact) mass is 312 g/mol. The van der Waals surface area contributed by atoms with Gasteiger partial charge in [-0.15, -0.1) is 0 Å². The maximum atomic E-state index is 12.8. The minimum atomic E-state index is -0.370. The molecule has 0 saturated carbocycles. The Kier molecular flexibility index (Phi) is 6.01. The van der Waals surface area contributed by atoms with E-state index in [0.717, 1.165) is 0 Å². The van der Waals surface area contributed by atoms with Crippen LogP contribution in [0.3, 0.4) is 0 Å². The molecule has 0 bridgehead atoms. The number of rotatable bonds is 4. The van der Waals surface area contributed by atoms with Crippen molar-refractivity contribution in [2.75, 3.05) is 18.5 Å². The van der Waals surface area contributed by atoms with Gasteiger partial charge in [0.05, 0.1) is 18.8 Å². The van der Waals surface area contributed by atoms with E-state index in [4.69, 9.17) is 4.74 Å². The number of para-hydroxylation sites is 2. The summed E-state index contributed by atoms with van der Waals surface area (Å²) >= 11 is 0. The molecule has 0 aliphatic heterocycles. The maximum Gasteiger partial charge on any atom is 0.320 e. The highest BCUT2D eigenvalue weighted by molar-refractivity contribution is 5.91. The summed E-state index contributed by atoms with van der Waals surface area (Å²) in [5.74, 6) is 5.95. The molecule has 2 rings (SSSR count). The minimum Gasteiger partial charge on any atom is -0.492 e. The minimum absolute atomic E-state index is 0.181. The lowest BCUT2D eigenvalue weighted by Crippen LogP contribution is -2.29. The highest BCUT2D eigenvalue weighted by Gasteiger charge is 2.05. The number of benzene rings is 2. The second-order valence-electron chi connectivity index (χ2n) is 4.55. The predicted octanol–water partition coefficient (Wildman–Crippen LogP) is 3.40. The van der Waals surface area contributed by atoms with Gasteiger partial charge in [-0.25, -0.2) is 9.18 Å². The van der Waals surface area contributed by atoms with Gasteiger partial charge in [0.1, 0.15) is 11.6 Å². The molecule has 2 amide bonds. The highest BCUT2D eigenvalue weighted by Crippen LogP contribution is 2.23. The third kappa shape index (κ3) is 5.36. The van der Waals surface area contributed by atoms with Crippen LogP contribution in [-0.2, 0) is 0 Å². The Morgan fingerprint density at radius 2 is 1.91 bits per heavy atom. The molecule has 0 aromatic heterocycles. The van der Waals surface area contributed by atoms with Crippen LogP contribution in [-0.4, -0.2) is 19.2 Å². The molecule has 4 nitrogen and oxygen atoms in total. The molecule has 5 heteroatoms. The molecule has 0 atom stereocenters. The Hall–Kier alpha value is -3.00. The van der Waals surface area contributed by atoms with E-state index in [1.807, 2.05) is 19.1 Å². The van der Waals surface area contributed by atoms with Crippen LogP contribution in [0.5, 0.6) is 5.75 Å². The zero-order valence-corrected chi connectivity index (χ0v) is 12.7. The number of anilines is 1. The van der Waals surface area contributed by atoms with Crippen LogP contribution >= 0.6 is 0 Å². The molecule has 2 N–H and O–H groups in total. The molecule has 0 saturated heterocycles. The Morgan fingerprint density at radius 1 is 1.17 bits per heavy atom. The first kappa shape index (κ1) is 16.4. The standard InChI is InChI=1S/C18H17FN2O2/c1-2-23-17-8-4-3-7-16(17)21-18(22)20-13-5-6-14-9-11-15(19)12-10-14/h3-4,7-12H,2,13H2,1H3,(H2,20,21,22). The Labute approximate surface area is 134 Å². The highest BCUT2D eigenvalue weighted by atomic mass is 19.1. The summed E-state index contributed by atoms with van der Waals surface area (Å²) in [6.45, 7) is 2.57. The van der Waals surface area contributed by atoms with Crippen molar-refractivity contribution in [3.8, 4) is 17.6 Å². The third-order valence-electron chi connectivity index (χ3n) is 2.85.